The van der Waals surface area contributed by atoms with Gasteiger partial charge in [-0.05, 0) is 24.5 Å². The average Bonchev–Trinajstić information content (AvgIpc) is 3.27. The lowest BCUT2D eigenvalue weighted by molar-refractivity contribution is -0.0505. The summed E-state index contributed by atoms with van der Waals surface area (Å²) in [6, 6.07) is 13.3. The third-order valence-corrected chi connectivity index (χ3v) is 5.55. The molecule has 4 rings (SSSR count). The molecule has 2 N–H and O–H groups in total. The fourth-order valence-electron chi connectivity index (χ4n) is 4.00. The minimum atomic E-state index is -2.94. The number of fused-ring (bicyclic) bond motifs is 1. The van der Waals surface area contributed by atoms with Gasteiger partial charge in [0.25, 0.3) is 0 Å². The maximum absolute atomic E-state index is 12.9. The number of rotatable bonds is 7. The van der Waals surface area contributed by atoms with Crippen LogP contribution in [0.25, 0.3) is 0 Å². The molecule has 0 spiro atoms. The van der Waals surface area contributed by atoms with Crippen LogP contribution in [-0.4, -0.2) is 39.6 Å². The van der Waals surface area contributed by atoms with E-state index in [1.807, 2.05) is 18.2 Å². The van der Waals surface area contributed by atoms with Crippen LogP contribution in [0.4, 0.5) is 8.78 Å². The number of hydrogen-bond donors (Lipinski definition) is 2. The number of benzene rings is 2. The van der Waals surface area contributed by atoms with Crippen molar-refractivity contribution in [3.05, 3.63) is 53.6 Å². The topological polar surface area (TPSA) is 73.3 Å². The summed E-state index contributed by atoms with van der Waals surface area (Å²) in [4.78, 5) is 4.26. The summed E-state index contributed by atoms with van der Waals surface area (Å²) in [6.45, 7) is -1.24. The van der Waals surface area contributed by atoms with E-state index in [1.165, 1.54) is 6.07 Å². The summed E-state index contributed by atoms with van der Waals surface area (Å²) in [7, 11) is 1.66. The van der Waals surface area contributed by atoms with E-state index in [4.69, 9.17) is 14.2 Å². The van der Waals surface area contributed by atoms with Crippen molar-refractivity contribution in [3.63, 3.8) is 0 Å². The van der Waals surface area contributed by atoms with Crippen LogP contribution in [0.3, 0.4) is 0 Å². The highest BCUT2D eigenvalue weighted by Gasteiger charge is 2.27. The summed E-state index contributed by atoms with van der Waals surface area (Å²) in [6.07, 6.45) is 2.07. The zero-order chi connectivity index (χ0) is 22.3. The van der Waals surface area contributed by atoms with Crippen LogP contribution in [0.5, 0.6) is 17.2 Å². The van der Waals surface area contributed by atoms with E-state index >= 15 is 0 Å². The van der Waals surface area contributed by atoms with Crippen LogP contribution in [0.1, 0.15) is 30.1 Å². The van der Waals surface area contributed by atoms with Gasteiger partial charge >= 0.3 is 6.61 Å². The maximum Gasteiger partial charge on any atom is 0.387 e. The van der Waals surface area contributed by atoms with Crippen molar-refractivity contribution in [3.8, 4) is 17.2 Å². The predicted molar refractivity (Wildman–Crippen MR) is 115 cm³/mol. The Morgan fingerprint density at radius 3 is 2.69 bits per heavy atom. The average molecular weight is 447 g/mol. The molecule has 2 atom stereocenters. The van der Waals surface area contributed by atoms with Gasteiger partial charge in [0.1, 0.15) is 5.75 Å². The first-order valence-corrected chi connectivity index (χ1v) is 10.6. The van der Waals surface area contributed by atoms with Crippen molar-refractivity contribution in [1.29, 1.82) is 0 Å². The molecule has 1 saturated heterocycles. The molecule has 32 heavy (non-hydrogen) atoms. The molecule has 7 nitrogen and oxygen atoms in total. The molecule has 0 saturated carbocycles. The quantitative estimate of drug-likeness (QED) is 0.496. The Morgan fingerprint density at radius 1 is 1.16 bits per heavy atom. The van der Waals surface area contributed by atoms with Crippen molar-refractivity contribution in [1.82, 2.24) is 10.6 Å². The third-order valence-electron chi connectivity index (χ3n) is 5.55. The Kier molecular flexibility index (Phi) is 7.26. The summed E-state index contributed by atoms with van der Waals surface area (Å²) < 4.78 is 47.1. The molecule has 2 aliphatic heterocycles. The fourth-order valence-corrected chi connectivity index (χ4v) is 4.00. The normalized spacial score (nSPS) is 20.3. The van der Waals surface area contributed by atoms with Crippen LogP contribution >= 0.6 is 0 Å². The lowest BCUT2D eigenvalue weighted by atomic mass is 9.89. The molecule has 9 heteroatoms. The van der Waals surface area contributed by atoms with E-state index in [2.05, 4.69) is 32.5 Å². The lowest BCUT2D eigenvalue weighted by Crippen LogP contribution is -2.41. The van der Waals surface area contributed by atoms with Crippen LogP contribution < -0.4 is 24.8 Å². The summed E-state index contributed by atoms with van der Waals surface area (Å²) in [5, 5.41) is 6.50. The van der Waals surface area contributed by atoms with Gasteiger partial charge < -0.3 is 29.6 Å². The zero-order valence-corrected chi connectivity index (χ0v) is 17.9. The molecule has 2 heterocycles. The molecule has 2 aromatic rings. The van der Waals surface area contributed by atoms with Crippen LogP contribution in [0.2, 0.25) is 0 Å². The molecule has 172 valence electrons. The first-order chi connectivity index (χ1) is 15.6. The van der Waals surface area contributed by atoms with Crippen molar-refractivity contribution < 1.29 is 27.7 Å². The summed E-state index contributed by atoms with van der Waals surface area (Å²) in [5.41, 5.74) is 1.68. The standard InChI is InChI=1S/C23H27F2N3O4/c1-26-23(27-12-16-8-5-9-29-21(16)15-6-3-2-4-7-15)28-13-17-10-19-20(31-14-30-19)11-18(17)32-22(24)25/h2-4,6-7,10-11,16,21-22H,5,8-9,12-14H2,1H3,(H2,26,27,28). The number of ether oxygens (including phenoxy) is 4. The van der Waals surface area contributed by atoms with Gasteiger partial charge in [-0.2, -0.15) is 8.78 Å². The molecule has 0 aromatic heterocycles. The number of nitrogens with zero attached hydrogens (tertiary/aromatic N) is 1. The largest absolute Gasteiger partial charge is 0.454 e. The third kappa shape index (κ3) is 5.40. The number of aliphatic imine (C=N–C) groups is 1. The highest BCUT2D eigenvalue weighted by Crippen LogP contribution is 2.38. The maximum atomic E-state index is 12.9. The Morgan fingerprint density at radius 2 is 1.94 bits per heavy atom. The number of nitrogens with one attached hydrogen (secondary N) is 2. The van der Waals surface area contributed by atoms with Gasteiger partial charge in [-0.15, -0.1) is 0 Å². The van der Waals surface area contributed by atoms with E-state index in [0.29, 0.717) is 29.6 Å². The number of guanidine groups is 1. The highest BCUT2D eigenvalue weighted by atomic mass is 19.3. The van der Waals surface area contributed by atoms with E-state index in [1.54, 1.807) is 13.1 Å². The van der Waals surface area contributed by atoms with Crippen LogP contribution in [-0.2, 0) is 11.3 Å². The SMILES string of the molecule is CN=C(NCc1cc2c(cc1OC(F)F)OCO2)NCC1CCCOC1c1ccccc1. The van der Waals surface area contributed by atoms with Gasteiger partial charge in [0, 0.05) is 44.3 Å². The summed E-state index contributed by atoms with van der Waals surface area (Å²) in [5.74, 6) is 1.76. The van der Waals surface area contributed by atoms with Gasteiger partial charge in [0.15, 0.2) is 17.5 Å². The monoisotopic (exact) mass is 447 g/mol. The van der Waals surface area contributed by atoms with Crippen molar-refractivity contribution in [2.75, 3.05) is 27.0 Å². The van der Waals surface area contributed by atoms with Crippen molar-refractivity contribution in [2.24, 2.45) is 10.9 Å². The van der Waals surface area contributed by atoms with E-state index in [0.717, 1.165) is 25.0 Å². The molecular weight excluding hydrogens is 420 g/mol. The van der Waals surface area contributed by atoms with Crippen molar-refractivity contribution >= 4 is 5.96 Å². The summed E-state index contributed by atoms with van der Waals surface area (Å²) >= 11 is 0. The molecule has 2 aromatic carbocycles. The Hall–Kier alpha value is -3.07. The van der Waals surface area contributed by atoms with E-state index in [9.17, 15) is 8.78 Å². The molecule has 2 aliphatic rings. The first kappa shape index (κ1) is 22.1. The first-order valence-electron chi connectivity index (χ1n) is 10.6. The molecule has 0 aliphatic carbocycles. The predicted octanol–water partition coefficient (Wildman–Crippen LogP) is 3.85. The Labute approximate surface area is 185 Å². The van der Waals surface area contributed by atoms with Gasteiger partial charge in [-0.1, -0.05) is 30.3 Å². The second-order valence-corrected chi connectivity index (χ2v) is 7.60. The van der Waals surface area contributed by atoms with Gasteiger partial charge in [0.2, 0.25) is 6.79 Å². The van der Waals surface area contributed by atoms with Crippen LogP contribution in [0.15, 0.2) is 47.5 Å². The van der Waals surface area contributed by atoms with E-state index in [-0.39, 0.29) is 31.1 Å². The van der Waals surface area contributed by atoms with Crippen molar-refractivity contribution in [2.45, 2.75) is 32.1 Å². The molecule has 0 amide bonds. The Balaban J connectivity index is 1.38. The number of hydrogen-bond acceptors (Lipinski definition) is 5. The fraction of sp³-hybridized carbons (Fsp3) is 0.435. The van der Waals surface area contributed by atoms with Gasteiger partial charge in [-0.25, -0.2) is 0 Å². The minimum absolute atomic E-state index is 0.0236. The number of alkyl halides is 2. The second-order valence-electron chi connectivity index (χ2n) is 7.60. The Bertz CT molecular complexity index is 927. The molecular formula is C23H27F2N3O4. The highest BCUT2D eigenvalue weighted by molar-refractivity contribution is 5.79. The van der Waals surface area contributed by atoms with E-state index < -0.39 is 6.61 Å². The molecule has 0 bridgehead atoms. The zero-order valence-electron chi connectivity index (χ0n) is 17.9. The number of halogens is 2. The molecule has 1 fully saturated rings. The molecule has 0 radical (unpaired) electrons. The van der Waals surface area contributed by atoms with Gasteiger partial charge in [-0.3, -0.25) is 4.99 Å². The van der Waals surface area contributed by atoms with Crippen LogP contribution in [0, 0.1) is 5.92 Å². The second kappa shape index (κ2) is 10.5. The minimum Gasteiger partial charge on any atom is -0.454 e. The smallest absolute Gasteiger partial charge is 0.387 e. The molecule has 2 unspecified atom stereocenters. The lowest BCUT2D eigenvalue weighted by Gasteiger charge is -2.32. The van der Waals surface area contributed by atoms with Gasteiger partial charge in [0.05, 0.1) is 6.10 Å².